The lowest BCUT2D eigenvalue weighted by Crippen LogP contribution is -2.05. The van der Waals surface area contributed by atoms with Crippen LogP contribution in [0.4, 0.5) is 0 Å². The number of carbonyl (C=O) groups excluding carboxylic acids is 1. The highest BCUT2D eigenvalue weighted by molar-refractivity contribution is 6.05. The SMILES string of the molecule is CCOC(=O)c1c(C)oc2ccc(C=C3CCCCC3)cc12. The Bertz CT molecular complexity index is 714. The number of carbonyl (C=O) groups is 1. The summed E-state index contributed by atoms with van der Waals surface area (Å²) < 4.78 is 10.8. The number of rotatable bonds is 3. The van der Waals surface area contributed by atoms with E-state index < -0.39 is 0 Å². The van der Waals surface area contributed by atoms with Crippen LogP contribution in [0, 0.1) is 6.92 Å². The second kappa shape index (κ2) is 6.39. The van der Waals surface area contributed by atoms with Gasteiger partial charge in [0.05, 0.1) is 6.61 Å². The Labute approximate surface area is 131 Å². The molecule has 0 aliphatic heterocycles. The monoisotopic (exact) mass is 298 g/mol. The zero-order chi connectivity index (χ0) is 15.5. The molecular weight excluding hydrogens is 276 g/mol. The van der Waals surface area contributed by atoms with Gasteiger partial charge in [0, 0.05) is 5.39 Å². The standard InChI is InChI=1S/C19H22O3/c1-3-21-19(20)18-13(2)22-17-10-9-15(12-16(17)18)11-14-7-5-4-6-8-14/h9-12H,3-8H2,1-2H3. The largest absolute Gasteiger partial charge is 0.462 e. The molecule has 1 aliphatic carbocycles. The first-order chi connectivity index (χ1) is 10.7. The van der Waals surface area contributed by atoms with Gasteiger partial charge in [-0.2, -0.15) is 0 Å². The van der Waals surface area contributed by atoms with Crippen LogP contribution < -0.4 is 0 Å². The van der Waals surface area contributed by atoms with E-state index in [1.54, 1.807) is 0 Å². The van der Waals surface area contributed by atoms with Crippen molar-refractivity contribution in [1.29, 1.82) is 0 Å². The summed E-state index contributed by atoms with van der Waals surface area (Å²) in [7, 11) is 0. The Morgan fingerprint density at radius 1 is 1.27 bits per heavy atom. The lowest BCUT2D eigenvalue weighted by molar-refractivity contribution is 0.0526. The van der Waals surface area contributed by atoms with Gasteiger partial charge in [0.25, 0.3) is 0 Å². The van der Waals surface area contributed by atoms with Crippen molar-refractivity contribution in [2.24, 2.45) is 0 Å². The van der Waals surface area contributed by atoms with Crippen molar-refractivity contribution in [2.75, 3.05) is 6.61 Å². The van der Waals surface area contributed by atoms with Crippen LogP contribution in [0.5, 0.6) is 0 Å². The Morgan fingerprint density at radius 3 is 2.77 bits per heavy atom. The maximum atomic E-state index is 12.1. The van der Waals surface area contributed by atoms with Crippen LogP contribution >= 0.6 is 0 Å². The maximum absolute atomic E-state index is 12.1. The molecule has 3 nitrogen and oxygen atoms in total. The lowest BCUT2D eigenvalue weighted by atomic mass is 9.93. The number of fused-ring (bicyclic) bond motifs is 1. The molecule has 1 aromatic heterocycles. The van der Waals surface area contributed by atoms with Gasteiger partial charge < -0.3 is 9.15 Å². The highest BCUT2D eigenvalue weighted by Gasteiger charge is 2.19. The number of benzene rings is 1. The van der Waals surface area contributed by atoms with E-state index in [4.69, 9.17) is 9.15 Å². The Balaban J connectivity index is 2.00. The second-order valence-electron chi connectivity index (χ2n) is 5.87. The fraction of sp³-hybridized carbons (Fsp3) is 0.421. The fourth-order valence-corrected chi connectivity index (χ4v) is 3.17. The molecule has 0 bridgehead atoms. The summed E-state index contributed by atoms with van der Waals surface area (Å²) >= 11 is 0. The molecule has 3 heteroatoms. The Morgan fingerprint density at radius 2 is 2.05 bits per heavy atom. The average molecular weight is 298 g/mol. The number of hydrogen-bond acceptors (Lipinski definition) is 3. The van der Waals surface area contributed by atoms with Crippen molar-refractivity contribution in [3.05, 3.63) is 40.7 Å². The summed E-state index contributed by atoms with van der Waals surface area (Å²) in [4.78, 5) is 12.1. The van der Waals surface area contributed by atoms with Crippen LogP contribution in [0.2, 0.25) is 0 Å². The van der Waals surface area contributed by atoms with Crippen LogP contribution in [-0.4, -0.2) is 12.6 Å². The van der Waals surface area contributed by atoms with Crippen LogP contribution in [0.1, 0.15) is 60.7 Å². The Kier molecular flexibility index (Phi) is 4.32. The minimum atomic E-state index is -0.304. The predicted octanol–water partition coefficient (Wildman–Crippen LogP) is 5.27. The van der Waals surface area contributed by atoms with Crippen molar-refractivity contribution in [3.63, 3.8) is 0 Å². The molecule has 1 heterocycles. The lowest BCUT2D eigenvalue weighted by Gasteiger charge is -2.13. The molecule has 1 fully saturated rings. The zero-order valence-corrected chi connectivity index (χ0v) is 13.3. The van der Waals surface area contributed by atoms with E-state index in [0.717, 1.165) is 16.5 Å². The minimum Gasteiger partial charge on any atom is -0.462 e. The summed E-state index contributed by atoms with van der Waals surface area (Å²) in [5.74, 6) is 0.317. The van der Waals surface area contributed by atoms with Crippen molar-refractivity contribution in [3.8, 4) is 0 Å². The van der Waals surface area contributed by atoms with Crippen molar-refractivity contribution < 1.29 is 13.9 Å². The molecule has 1 aromatic carbocycles. The van der Waals surface area contributed by atoms with Gasteiger partial charge in [-0.25, -0.2) is 4.79 Å². The number of ether oxygens (including phenoxy) is 1. The first kappa shape index (κ1) is 14.9. The quantitative estimate of drug-likeness (QED) is 0.725. The van der Waals surface area contributed by atoms with E-state index in [0.29, 0.717) is 17.9 Å². The van der Waals surface area contributed by atoms with E-state index in [2.05, 4.69) is 12.1 Å². The smallest absolute Gasteiger partial charge is 0.342 e. The molecule has 0 spiro atoms. The molecule has 3 rings (SSSR count). The molecule has 0 amide bonds. The van der Waals surface area contributed by atoms with Gasteiger partial charge in [-0.1, -0.05) is 24.1 Å². The van der Waals surface area contributed by atoms with E-state index >= 15 is 0 Å². The third-order valence-electron chi connectivity index (χ3n) is 4.23. The van der Waals surface area contributed by atoms with Crippen LogP contribution in [0.25, 0.3) is 17.0 Å². The second-order valence-corrected chi connectivity index (χ2v) is 5.87. The molecular formula is C19H22O3. The average Bonchev–Trinajstić information content (AvgIpc) is 2.84. The van der Waals surface area contributed by atoms with E-state index in [-0.39, 0.29) is 5.97 Å². The van der Waals surface area contributed by atoms with Gasteiger partial charge >= 0.3 is 5.97 Å². The topological polar surface area (TPSA) is 39.4 Å². The number of allylic oxidation sites excluding steroid dienone is 1. The van der Waals surface area contributed by atoms with Gasteiger partial charge in [0.1, 0.15) is 16.9 Å². The van der Waals surface area contributed by atoms with E-state index in [1.807, 2.05) is 26.0 Å². The third kappa shape index (κ3) is 2.94. The van der Waals surface area contributed by atoms with Crippen LogP contribution in [0.15, 0.2) is 28.2 Å². The summed E-state index contributed by atoms with van der Waals surface area (Å²) in [5.41, 5.74) is 3.94. The molecule has 0 radical (unpaired) electrons. The molecule has 0 saturated heterocycles. The van der Waals surface area contributed by atoms with E-state index in [9.17, 15) is 4.79 Å². The van der Waals surface area contributed by atoms with Crippen molar-refractivity contribution in [1.82, 2.24) is 0 Å². The number of esters is 1. The van der Waals surface area contributed by atoms with Gasteiger partial charge in [-0.15, -0.1) is 0 Å². The third-order valence-corrected chi connectivity index (χ3v) is 4.23. The Hall–Kier alpha value is -2.03. The fourth-order valence-electron chi connectivity index (χ4n) is 3.17. The van der Waals surface area contributed by atoms with Gasteiger partial charge in [-0.05, 0) is 57.2 Å². The normalized spacial score (nSPS) is 15.1. The van der Waals surface area contributed by atoms with E-state index in [1.165, 1.54) is 37.7 Å². The molecule has 116 valence electrons. The molecule has 0 atom stereocenters. The first-order valence-corrected chi connectivity index (χ1v) is 8.08. The van der Waals surface area contributed by atoms with Gasteiger partial charge in [0.15, 0.2) is 0 Å². The minimum absolute atomic E-state index is 0.304. The summed E-state index contributed by atoms with van der Waals surface area (Å²) in [6.07, 6.45) is 8.54. The molecule has 0 N–H and O–H groups in total. The number of furan rings is 1. The maximum Gasteiger partial charge on any atom is 0.342 e. The number of hydrogen-bond donors (Lipinski definition) is 0. The summed E-state index contributed by atoms with van der Waals surface area (Å²) in [6, 6.07) is 6.04. The van der Waals surface area contributed by atoms with Crippen molar-refractivity contribution >= 4 is 23.0 Å². The van der Waals surface area contributed by atoms with Gasteiger partial charge in [0.2, 0.25) is 0 Å². The highest BCUT2D eigenvalue weighted by atomic mass is 16.5. The van der Waals surface area contributed by atoms with Gasteiger partial charge in [-0.3, -0.25) is 0 Å². The summed E-state index contributed by atoms with van der Waals surface area (Å²) in [5, 5.41) is 0.848. The van der Waals surface area contributed by atoms with Crippen LogP contribution in [0.3, 0.4) is 0 Å². The summed E-state index contributed by atoms with van der Waals surface area (Å²) in [6.45, 7) is 3.99. The molecule has 1 aliphatic rings. The molecule has 0 unspecified atom stereocenters. The number of aryl methyl sites for hydroxylation is 1. The van der Waals surface area contributed by atoms with Crippen LogP contribution in [-0.2, 0) is 4.74 Å². The molecule has 1 saturated carbocycles. The molecule has 22 heavy (non-hydrogen) atoms. The molecule has 2 aromatic rings. The van der Waals surface area contributed by atoms with Crippen molar-refractivity contribution in [2.45, 2.75) is 46.0 Å². The zero-order valence-electron chi connectivity index (χ0n) is 13.3. The predicted molar refractivity (Wildman–Crippen MR) is 88.0 cm³/mol. The first-order valence-electron chi connectivity index (χ1n) is 8.08. The highest BCUT2D eigenvalue weighted by Crippen LogP contribution is 2.30.